The molecule has 104 valence electrons. The predicted molar refractivity (Wildman–Crippen MR) is 82.0 cm³/mol. The lowest BCUT2D eigenvalue weighted by Gasteiger charge is -2.10. The molecule has 0 saturated heterocycles. The van der Waals surface area contributed by atoms with Crippen LogP contribution < -0.4 is 4.74 Å². The molecule has 0 aliphatic heterocycles. The number of fused-ring (bicyclic) bond motifs is 1. The molecule has 0 aliphatic carbocycles. The van der Waals surface area contributed by atoms with Crippen LogP contribution in [0, 0.1) is 0 Å². The van der Waals surface area contributed by atoms with E-state index in [1.807, 2.05) is 36.4 Å². The van der Waals surface area contributed by atoms with Gasteiger partial charge in [-0.15, -0.1) is 0 Å². The Morgan fingerprint density at radius 2 is 1.71 bits per heavy atom. The fourth-order valence-electron chi connectivity index (χ4n) is 2.39. The number of ketones is 1. The van der Waals surface area contributed by atoms with Crippen LogP contribution in [0.25, 0.3) is 10.8 Å². The van der Waals surface area contributed by atoms with Crippen LogP contribution in [0.15, 0.2) is 60.7 Å². The first-order chi connectivity index (χ1) is 10.2. The zero-order valence-corrected chi connectivity index (χ0v) is 11.5. The van der Waals surface area contributed by atoms with E-state index >= 15 is 0 Å². The highest BCUT2D eigenvalue weighted by Gasteiger charge is 2.18. The number of carbonyl (C=O) groups excluding carboxylic acids is 1. The summed E-state index contributed by atoms with van der Waals surface area (Å²) in [6, 6.07) is 18.1. The topological polar surface area (TPSA) is 46.5 Å². The SMILES string of the molecule is COc1cccc(O)c1C(=O)c1ccc2ccccc2c1. The van der Waals surface area contributed by atoms with E-state index in [2.05, 4.69) is 0 Å². The number of ether oxygens (including phenoxy) is 1. The summed E-state index contributed by atoms with van der Waals surface area (Å²) in [6.07, 6.45) is 0. The van der Waals surface area contributed by atoms with E-state index in [1.165, 1.54) is 13.2 Å². The first kappa shape index (κ1) is 13.2. The Morgan fingerprint density at radius 1 is 0.952 bits per heavy atom. The van der Waals surface area contributed by atoms with Gasteiger partial charge in [0.05, 0.1) is 7.11 Å². The molecule has 3 heteroatoms. The van der Waals surface area contributed by atoms with E-state index in [-0.39, 0.29) is 17.1 Å². The van der Waals surface area contributed by atoms with Gasteiger partial charge in [0.15, 0.2) is 0 Å². The highest BCUT2D eigenvalue weighted by atomic mass is 16.5. The highest BCUT2D eigenvalue weighted by molar-refractivity contribution is 6.13. The molecule has 3 nitrogen and oxygen atoms in total. The van der Waals surface area contributed by atoms with Crippen molar-refractivity contribution in [2.24, 2.45) is 0 Å². The predicted octanol–water partition coefficient (Wildman–Crippen LogP) is 3.79. The van der Waals surface area contributed by atoms with Gasteiger partial charge in [-0.3, -0.25) is 4.79 Å². The van der Waals surface area contributed by atoms with Gasteiger partial charge in [0.25, 0.3) is 0 Å². The molecule has 0 radical (unpaired) electrons. The molecule has 0 aromatic heterocycles. The molecular formula is C18H14O3. The molecule has 0 saturated carbocycles. The number of rotatable bonds is 3. The van der Waals surface area contributed by atoms with E-state index in [0.717, 1.165) is 10.8 Å². The van der Waals surface area contributed by atoms with E-state index in [1.54, 1.807) is 18.2 Å². The Labute approximate surface area is 122 Å². The molecule has 0 aliphatic rings. The first-order valence-electron chi connectivity index (χ1n) is 6.60. The Balaban J connectivity index is 2.12. The van der Waals surface area contributed by atoms with Crippen molar-refractivity contribution < 1.29 is 14.6 Å². The van der Waals surface area contributed by atoms with Gasteiger partial charge in [0.2, 0.25) is 5.78 Å². The average Bonchev–Trinajstić information content (AvgIpc) is 2.53. The maximum atomic E-state index is 12.7. The second kappa shape index (κ2) is 5.29. The van der Waals surface area contributed by atoms with E-state index in [0.29, 0.717) is 11.3 Å². The van der Waals surface area contributed by atoms with Crippen LogP contribution in [0.1, 0.15) is 15.9 Å². The fraction of sp³-hybridized carbons (Fsp3) is 0.0556. The van der Waals surface area contributed by atoms with Gasteiger partial charge >= 0.3 is 0 Å². The minimum atomic E-state index is -0.254. The van der Waals surface area contributed by atoms with E-state index < -0.39 is 0 Å². The number of methoxy groups -OCH3 is 1. The zero-order valence-electron chi connectivity index (χ0n) is 11.5. The summed E-state index contributed by atoms with van der Waals surface area (Å²) in [4.78, 5) is 12.7. The van der Waals surface area contributed by atoms with Crippen LogP contribution in [0.5, 0.6) is 11.5 Å². The molecule has 0 fully saturated rings. The molecule has 3 aromatic carbocycles. The summed E-state index contributed by atoms with van der Waals surface area (Å²) >= 11 is 0. The summed E-state index contributed by atoms with van der Waals surface area (Å²) < 4.78 is 5.18. The molecular weight excluding hydrogens is 264 g/mol. The third kappa shape index (κ3) is 2.34. The fourth-order valence-corrected chi connectivity index (χ4v) is 2.39. The van der Waals surface area contributed by atoms with Crippen molar-refractivity contribution in [3.8, 4) is 11.5 Å². The van der Waals surface area contributed by atoms with Crippen molar-refractivity contribution in [3.63, 3.8) is 0 Å². The average molecular weight is 278 g/mol. The molecule has 3 rings (SSSR count). The number of aromatic hydroxyl groups is 1. The Hall–Kier alpha value is -2.81. The quantitative estimate of drug-likeness (QED) is 0.741. The number of hydrogen-bond donors (Lipinski definition) is 1. The van der Waals surface area contributed by atoms with Crippen LogP contribution in [0.2, 0.25) is 0 Å². The maximum Gasteiger partial charge on any atom is 0.200 e. The lowest BCUT2D eigenvalue weighted by molar-refractivity contribution is 0.103. The summed E-state index contributed by atoms with van der Waals surface area (Å²) in [5, 5.41) is 12.0. The monoisotopic (exact) mass is 278 g/mol. The van der Waals surface area contributed by atoms with Crippen molar-refractivity contribution in [1.29, 1.82) is 0 Å². The van der Waals surface area contributed by atoms with Crippen molar-refractivity contribution in [1.82, 2.24) is 0 Å². The van der Waals surface area contributed by atoms with Crippen LogP contribution in [0.3, 0.4) is 0 Å². The van der Waals surface area contributed by atoms with Crippen LogP contribution in [-0.2, 0) is 0 Å². The van der Waals surface area contributed by atoms with Crippen molar-refractivity contribution >= 4 is 16.6 Å². The standard InChI is InChI=1S/C18H14O3/c1-21-16-8-4-7-15(19)17(16)18(20)14-10-9-12-5-2-3-6-13(12)11-14/h2-11,19H,1H3. The molecule has 0 bridgehead atoms. The third-order valence-electron chi connectivity index (χ3n) is 3.46. The molecule has 0 atom stereocenters. The van der Waals surface area contributed by atoms with Gasteiger partial charge in [-0.2, -0.15) is 0 Å². The number of phenolic OH excluding ortho intramolecular Hbond substituents is 1. The maximum absolute atomic E-state index is 12.7. The first-order valence-corrected chi connectivity index (χ1v) is 6.60. The lowest BCUT2D eigenvalue weighted by Crippen LogP contribution is -2.04. The number of carbonyl (C=O) groups is 1. The van der Waals surface area contributed by atoms with E-state index in [4.69, 9.17) is 4.74 Å². The van der Waals surface area contributed by atoms with Gasteiger partial charge in [-0.1, -0.05) is 42.5 Å². The van der Waals surface area contributed by atoms with Gasteiger partial charge in [-0.05, 0) is 29.0 Å². The van der Waals surface area contributed by atoms with Crippen molar-refractivity contribution in [3.05, 3.63) is 71.8 Å². The zero-order chi connectivity index (χ0) is 14.8. The molecule has 21 heavy (non-hydrogen) atoms. The molecule has 1 N–H and O–H groups in total. The third-order valence-corrected chi connectivity index (χ3v) is 3.46. The summed E-state index contributed by atoms with van der Waals surface area (Å²) in [5.74, 6) is 0.0383. The molecule has 3 aromatic rings. The smallest absolute Gasteiger partial charge is 0.200 e. The second-order valence-electron chi connectivity index (χ2n) is 4.75. The number of benzene rings is 3. The minimum absolute atomic E-state index is 0.0764. The van der Waals surface area contributed by atoms with Gasteiger partial charge in [0, 0.05) is 5.56 Å². The second-order valence-corrected chi connectivity index (χ2v) is 4.75. The minimum Gasteiger partial charge on any atom is -0.507 e. The van der Waals surface area contributed by atoms with Crippen LogP contribution >= 0.6 is 0 Å². The number of hydrogen-bond acceptors (Lipinski definition) is 3. The molecule has 0 amide bonds. The largest absolute Gasteiger partial charge is 0.507 e. The Bertz CT molecular complexity index is 822. The summed E-state index contributed by atoms with van der Waals surface area (Å²) in [6.45, 7) is 0. The summed E-state index contributed by atoms with van der Waals surface area (Å²) in [5.41, 5.74) is 0.712. The normalized spacial score (nSPS) is 10.5. The van der Waals surface area contributed by atoms with Crippen molar-refractivity contribution in [2.75, 3.05) is 7.11 Å². The molecule has 0 spiro atoms. The summed E-state index contributed by atoms with van der Waals surface area (Å²) in [7, 11) is 1.48. The number of phenols is 1. The van der Waals surface area contributed by atoms with Gasteiger partial charge in [0.1, 0.15) is 17.1 Å². The van der Waals surface area contributed by atoms with Crippen LogP contribution in [-0.4, -0.2) is 18.0 Å². The van der Waals surface area contributed by atoms with Gasteiger partial charge < -0.3 is 9.84 Å². The highest BCUT2D eigenvalue weighted by Crippen LogP contribution is 2.30. The Morgan fingerprint density at radius 3 is 2.48 bits per heavy atom. The van der Waals surface area contributed by atoms with Crippen molar-refractivity contribution in [2.45, 2.75) is 0 Å². The van der Waals surface area contributed by atoms with Crippen LogP contribution in [0.4, 0.5) is 0 Å². The van der Waals surface area contributed by atoms with Gasteiger partial charge in [-0.25, -0.2) is 0 Å². The lowest BCUT2D eigenvalue weighted by atomic mass is 9.98. The molecule has 0 heterocycles. The Kier molecular flexibility index (Phi) is 3.32. The van der Waals surface area contributed by atoms with E-state index in [9.17, 15) is 9.90 Å². The molecule has 0 unspecified atom stereocenters.